The summed E-state index contributed by atoms with van der Waals surface area (Å²) in [6.07, 6.45) is 0.320. The largest absolute Gasteiger partial charge is 0.478 e. The fraction of sp³-hybridized carbons (Fsp3) is 0.125. The molecule has 0 fully saturated rings. The molecule has 162 valence electrons. The summed E-state index contributed by atoms with van der Waals surface area (Å²) in [5, 5.41) is 9.10. The van der Waals surface area contributed by atoms with Crippen molar-refractivity contribution >= 4 is 38.3 Å². The van der Waals surface area contributed by atoms with Crippen molar-refractivity contribution in [2.24, 2.45) is 0 Å². The van der Waals surface area contributed by atoms with E-state index in [0.717, 1.165) is 38.5 Å². The summed E-state index contributed by atoms with van der Waals surface area (Å²) in [6.45, 7) is 0. The number of carboxylic acid groups (broad SMARTS) is 1. The highest BCUT2D eigenvalue weighted by atomic mass is 32.2. The molecule has 1 amide bonds. The third kappa shape index (κ3) is 5.04. The maximum atomic E-state index is 12.3. The molecule has 0 aliphatic rings. The van der Waals surface area contributed by atoms with Crippen LogP contribution < -0.4 is 15.6 Å². The highest BCUT2D eigenvalue weighted by molar-refractivity contribution is 7.87. The van der Waals surface area contributed by atoms with Gasteiger partial charge in [-0.2, -0.15) is 16.8 Å². The van der Waals surface area contributed by atoms with E-state index in [4.69, 9.17) is 9.84 Å². The number of carbonyl (C=O) groups excluding carboxylic acids is 1. The van der Waals surface area contributed by atoms with Gasteiger partial charge in [-0.25, -0.2) is 4.79 Å². The predicted molar refractivity (Wildman–Crippen MR) is 101 cm³/mol. The summed E-state index contributed by atoms with van der Waals surface area (Å²) in [6, 6.07) is 6.50. The number of benzene rings is 2. The van der Waals surface area contributed by atoms with Gasteiger partial charge >= 0.3 is 16.1 Å². The first-order chi connectivity index (χ1) is 14.1. The lowest BCUT2D eigenvalue weighted by Gasteiger charge is -2.15. The van der Waals surface area contributed by atoms with Gasteiger partial charge in [-0.1, -0.05) is 0 Å². The summed E-state index contributed by atoms with van der Waals surface area (Å²) in [5.41, 5.74) is 4.33. The van der Waals surface area contributed by atoms with Crippen LogP contribution in [0.5, 0.6) is 11.5 Å². The minimum atomic E-state index is -4.41. The zero-order valence-electron chi connectivity index (χ0n) is 15.5. The lowest BCUT2D eigenvalue weighted by Crippen LogP contribution is -2.19. The van der Waals surface area contributed by atoms with Crippen molar-refractivity contribution in [1.29, 1.82) is 0 Å². The molecular formula is C16H16N2O10S2. The highest BCUT2D eigenvalue weighted by Gasteiger charge is 2.25. The molecule has 0 aromatic heterocycles. The number of hydrazine groups is 1. The van der Waals surface area contributed by atoms with Gasteiger partial charge in [0, 0.05) is 0 Å². The second-order valence-electron chi connectivity index (χ2n) is 5.36. The van der Waals surface area contributed by atoms with E-state index >= 15 is 0 Å². The zero-order chi connectivity index (χ0) is 22.5. The number of amides is 1. The van der Waals surface area contributed by atoms with E-state index in [-0.39, 0.29) is 22.7 Å². The van der Waals surface area contributed by atoms with Gasteiger partial charge in [-0.3, -0.25) is 24.0 Å². The SMILES string of the molecule is COS(=O)(=O)c1cc(NNC=O)ccc1Oc1ccc(C(=O)O)cc1S(=O)(=O)OC. The topological polar surface area (TPSA) is 174 Å². The molecule has 0 heterocycles. The van der Waals surface area contributed by atoms with Crippen LogP contribution in [-0.2, 0) is 33.4 Å². The molecule has 0 aliphatic heterocycles. The van der Waals surface area contributed by atoms with E-state index in [1.165, 1.54) is 12.1 Å². The third-order valence-corrected chi connectivity index (χ3v) is 6.20. The monoisotopic (exact) mass is 460 g/mol. The first-order valence-corrected chi connectivity index (χ1v) is 10.6. The van der Waals surface area contributed by atoms with Crippen molar-refractivity contribution in [3.63, 3.8) is 0 Å². The molecule has 0 aliphatic carbocycles. The predicted octanol–water partition coefficient (Wildman–Crippen LogP) is 0.920. The molecular weight excluding hydrogens is 444 g/mol. The van der Waals surface area contributed by atoms with Gasteiger partial charge in [0.05, 0.1) is 25.5 Å². The van der Waals surface area contributed by atoms with Gasteiger partial charge in [-0.05, 0) is 36.4 Å². The van der Waals surface area contributed by atoms with Crippen molar-refractivity contribution in [2.45, 2.75) is 9.79 Å². The van der Waals surface area contributed by atoms with Gasteiger partial charge < -0.3 is 9.84 Å². The second-order valence-corrected chi connectivity index (χ2v) is 8.72. The molecule has 0 atom stereocenters. The Morgan fingerprint density at radius 2 is 1.47 bits per heavy atom. The third-order valence-electron chi connectivity index (χ3n) is 3.61. The average Bonchev–Trinajstić information content (AvgIpc) is 2.72. The van der Waals surface area contributed by atoms with Crippen LogP contribution in [0, 0.1) is 0 Å². The zero-order valence-corrected chi connectivity index (χ0v) is 17.1. The molecule has 2 rings (SSSR count). The Morgan fingerprint density at radius 3 is 1.97 bits per heavy atom. The van der Waals surface area contributed by atoms with Crippen molar-refractivity contribution in [3.05, 3.63) is 42.0 Å². The minimum Gasteiger partial charge on any atom is -0.478 e. The van der Waals surface area contributed by atoms with E-state index in [1.807, 2.05) is 0 Å². The molecule has 0 saturated heterocycles. The van der Waals surface area contributed by atoms with E-state index in [2.05, 4.69) is 19.2 Å². The number of carbonyl (C=O) groups is 2. The Morgan fingerprint density at radius 1 is 0.933 bits per heavy atom. The fourth-order valence-electron chi connectivity index (χ4n) is 2.20. The summed E-state index contributed by atoms with van der Waals surface area (Å²) in [5.74, 6) is -2.11. The highest BCUT2D eigenvalue weighted by Crippen LogP contribution is 2.36. The van der Waals surface area contributed by atoms with Crippen LogP contribution in [-0.4, -0.2) is 48.5 Å². The van der Waals surface area contributed by atoms with Crippen molar-refractivity contribution in [2.75, 3.05) is 19.6 Å². The van der Waals surface area contributed by atoms with E-state index in [1.54, 1.807) is 0 Å². The normalized spacial score (nSPS) is 11.5. The lowest BCUT2D eigenvalue weighted by molar-refractivity contribution is -0.109. The molecule has 14 heteroatoms. The number of hydrogen-bond donors (Lipinski definition) is 3. The number of anilines is 1. The van der Waals surface area contributed by atoms with Crippen LogP contribution in [0.2, 0.25) is 0 Å². The summed E-state index contributed by atoms with van der Waals surface area (Å²) in [4.78, 5) is 20.5. The number of aromatic carboxylic acids is 1. The standard InChI is InChI=1S/C16H16N2O10S2/c1-26-29(22,23)14-7-10(16(20)21)3-5-12(14)28-13-6-4-11(18-17-9-19)8-15(13)30(24,25)27-2/h3-9,18H,1-2H3,(H,17,19)(H,20,21). The van der Waals surface area contributed by atoms with Crippen LogP contribution in [0.1, 0.15) is 10.4 Å². The molecule has 30 heavy (non-hydrogen) atoms. The first-order valence-electron chi connectivity index (χ1n) is 7.81. The fourth-order valence-corrected chi connectivity index (χ4v) is 3.81. The van der Waals surface area contributed by atoms with Crippen LogP contribution >= 0.6 is 0 Å². The molecule has 2 aromatic rings. The first kappa shape index (κ1) is 23.1. The number of rotatable bonds is 10. The summed E-state index contributed by atoms with van der Waals surface area (Å²) >= 11 is 0. The second kappa shape index (κ2) is 9.08. The van der Waals surface area contributed by atoms with Crippen molar-refractivity contribution in [1.82, 2.24) is 5.43 Å². The Kier molecular flexibility index (Phi) is 6.99. The molecule has 2 aromatic carbocycles. The smallest absolute Gasteiger partial charge is 0.335 e. The Hall–Kier alpha value is -3.20. The van der Waals surface area contributed by atoms with Gasteiger partial charge in [0.2, 0.25) is 6.41 Å². The van der Waals surface area contributed by atoms with Crippen LogP contribution in [0.15, 0.2) is 46.2 Å². The minimum absolute atomic E-state index is 0.149. The van der Waals surface area contributed by atoms with Gasteiger partial charge in [0.1, 0.15) is 21.3 Å². The maximum absolute atomic E-state index is 12.3. The molecule has 0 unspecified atom stereocenters. The maximum Gasteiger partial charge on any atom is 0.335 e. The van der Waals surface area contributed by atoms with E-state index in [9.17, 15) is 26.4 Å². The van der Waals surface area contributed by atoms with E-state index < -0.39 is 36.0 Å². The van der Waals surface area contributed by atoms with Crippen LogP contribution in [0.25, 0.3) is 0 Å². The number of hydrogen-bond acceptors (Lipinski definition) is 10. The Balaban J connectivity index is 2.64. The molecule has 0 radical (unpaired) electrons. The van der Waals surface area contributed by atoms with Crippen molar-refractivity contribution < 1.29 is 44.6 Å². The van der Waals surface area contributed by atoms with Gasteiger partial charge in [-0.15, -0.1) is 0 Å². The van der Waals surface area contributed by atoms with Gasteiger partial charge in [0.25, 0.3) is 10.1 Å². The lowest BCUT2D eigenvalue weighted by atomic mass is 10.2. The van der Waals surface area contributed by atoms with Crippen LogP contribution in [0.4, 0.5) is 5.69 Å². The summed E-state index contributed by atoms with van der Waals surface area (Å²) in [7, 11) is -6.96. The quantitative estimate of drug-likeness (QED) is 0.261. The Labute approximate surface area is 171 Å². The number of carboxylic acids is 1. The molecule has 0 saturated carbocycles. The van der Waals surface area contributed by atoms with E-state index in [0.29, 0.717) is 6.41 Å². The number of ether oxygens (including phenoxy) is 1. The molecule has 0 bridgehead atoms. The average molecular weight is 460 g/mol. The summed E-state index contributed by atoms with van der Waals surface area (Å²) < 4.78 is 63.4. The Bertz CT molecular complexity index is 1180. The van der Waals surface area contributed by atoms with Crippen molar-refractivity contribution in [3.8, 4) is 11.5 Å². The van der Waals surface area contributed by atoms with Gasteiger partial charge in [0.15, 0.2) is 0 Å². The molecule has 3 N–H and O–H groups in total. The number of nitrogens with one attached hydrogen (secondary N) is 2. The molecule has 12 nitrogen and oxygen atoms in total. The van der Waals surface area contributed by atoms with Crippen LogP contribution in [0.3, 0.4) is 0 Å². The molecule has 0 spiro atoms.